The summed E-state index contributed by atoms with van der Waals surface area (Å²) in [5.74, 6) is 0. The lowest BCUT2D eigenvalue weighted by Gasteiger charge is -2.11. The first-order chi connectivity index (χ1) is 5.81. The topological polar surface area (TPSA) is 9.23 Å². The molecular weight excluding hydrogens is 148 g/mol. The average molecular weight is 170 g/mol. The number of unbranched alkanes of at least 4 members (excludes halogenated alkanes) is 2. The first-order valence-electron chi connectivity index (χ1n) is 5.03. The Kier molecular flexibility index (Phi) is 8.57. The first kappa shape index (κ1) is 11.7. The normalized spacial score (nSPS) is 12.8. The van der Waals surface area contributed by atoms with Gasteiger partial charge < -0.3 is 4.74 Å². The quantitative estimate of drug-likeness (QED) is 0.400. The number of allylic oxidation sites excluding steroid dienone is 1. The van der Waals surface area contributed by atoms with Crippen molar-refractivity contribution in [2.24, 2.45) is 0 Å². The summed E-state index contributed by atoms with van der Waals surface area (Å²) >= 11 is 0. The molecule has 0 rings (SSSR count). The van der Waals surface area contributed by atoms with Gasteiger partial charge in [-0.1, -0.05) is 25.8 Å². The van der Waals surface area contributed by atoms with E-state index in [9.17, 15) is 0 Å². The SMILES string of the molecule is C=CCCC(C)OCCCCC. The van der Waals surface area contributed by atoms with Crippen LogP contribution in [-0.4, -0.2) is 12.7 Å². The van der Waals surface area contributed by atoms with Crippen LogP contribution in [0.5, 0.6) is 0 Å². The third-order valence-corrected chi connectivity index (χ3v) is 1.93. The third kappa shape index (κ3) is 7.80. The largest absolute Gasteiger partial charge is 0.378 e. The molecule has 12 heavy (non-hydrogen) atoms. The van der Waals surface area contributed by atoms with E-state index >= 15 is 0 Å². The summed E-state index contributed by atoms with van der Waals surface area (Å²) in [6.45, 7) is 8.95. The monoisotopic (exact) mass is 170 g/mol. The summed E-state index contributed by atoms with van der Waals surface area (Å²) in [5.41, 5.74) is 0. The molecule has 1 heteroatoms. The molecule has 0 amide bonds. The summed E-state index contributed by atoms with van der Waals surface area (Å²) in [7, 11) is 0. The number of hydrogen-bond acceptors (Lipinski definition) is 1. The lowest BCUT2D eigenvalue weighted by Crippen LogP contribution is -2.08. The lowest BCUT2D eigenvalue weighted by molar-refractivity contribution is 0.0584. The van der Waals surface area contributed by atoms with Crippen LogP contribution >= 0.6 is 0 Å². The maximum absolute atomic E-state index is 5.60. The highest BCUT2D eigenvalue weighted by Gasteiger charge is 1.98. The summed E-state index contributed by atoms with van der Waals surface area (Å²) in [5, 5.41) is 0. The van der Waals surface area contributed by atoms with Crippen LogP contribution in [0.3, 0.4) is 0 Å². The highest BCUT2D eigenvalue weighted by atomic mass is 16.5. The van der Waals surface area contributed by atoms with E-state index in [0.29, 0.717) is 6.10 Å². The molecule has 0 N–H and O–H groups in total. The van der Waals surface area contributed by atoms with Gasteiger partial charge in [-0.15, -0.1) is 6.58 Å². The van der Waals surface area contributed by atoms with Crippen LogP contribution in [-0.2, 0) is 4.74 Å². The summed E-state index contributed by atoms with van der Waals surface area (Å²) < 4.78 is 5.60. The van der Waals surface area contributed by atoms with Gasteiger partial charge in [0, 0.05) is 6.61 Å². The minimum Gasteiger partial charge on any atom is -0.378 e. The number of rotatable bonds is 8. The molecule has 1 nitrogen and oxygen atoms in total. The Balaban J connectivity index is 3.07. The Morgan fingerprint density at radius 2 is 2.17 bits per heavy atom. The lowest BCUT2D eigenvalue weighted by atomic mass is 10.2. The van der Waals surface area contributed by atoms with E-state index in [1.165, 1.54) is 19.3 Å². The molecule has 0 aliphatic heterocycles. The molecule has 0 heterocycles. The maximum atomic E-state index is 5.60. The van der Waals surface area contributed by atoms with Crippen LogP contribution in [0.4, 0.5) is 0 Å². The van der Waals surface area contributed by atoms with Crippen molar-refractivity contribution in [3.63, 3.8) is 0 Å². The van der Waals surface area contributed by atoms with Crippen LogP contribution in [0.25, 0.3) is 0 Å². The fourth-order valence-corrected chi connectivity index (χ4v) is 1.07. The molecule has 0 saturated heterocycles. The maximum Gasteiger partial charge on any atom is 0.0549 e. The summed E-state index contributed by atoms with van der Waals surface area (Å²) in [4.78, 5) is 0. The zero-order valence-corrected chi connectivity index (χ0v) is 8.51. The van der Waals surface area contributed by atoms with Crippen molar-refractivity contribution in [3.05, 3.63) is 12.7 Å². The number of ether oxygens (including phenoxy) is 1. The molecule has 1 atom stereocenters. The fraction of sp³-hybridized carbons (Fsp3) is 0.818. The van der Waals surface area contributed by atoms with Gasteiger partial charge in [-0.25, -0.2) is 0 Å². The highest BCUT2D eigenvalue weighted by molar-refractivity contribution is 4.67. The molecule has 0 bridgehead atoms. The van der Waals surface area contributed by atoms with Gasteiger partial charge in [0.25, 0.3) is 0 Å². The molecule has 72 valence electrons. The van der Waals surface area contributed by atoms with Crippen LogP contribution in [0.1, 0.15) is 46.0 Å². The van der Waals surface area contributed by atoms with Crippen molar-refractivity contribution < 1.29 is 4.74 Å². The second-order valence-corrected chi connectivity index (χ2v) is 3.25. The van der Waals surface area contributed by atoms with E-state index < -0.39 is 0 Å². The molecule has 0 saturated carbocycles. The van der Waals surface area contributed by atoms with E-state index in [-0.39, 0.29) is 0 Å². The van der Waals surface area contributed by atoms with Crippen molar-refractivity contribution in [1.82, 2.24) is 0 Å². The van der Waals surface area contributed by atoms with Gasteiger partial charge in [-0.05, 0) is 26.2 Å². The summed E-state index contributed by atoms with van der Waals surface area (Å²) in [6.07, 6.45) is 8.28. The molecule has 0 aromatic heterocycles. The van der Waals surface area contributed by atoms with Gasteiger partial charge in [0.05, 0.1) is 6.10 Å². The predicted molar refractivity (Wildman–Crippen MR) is 54.4 cm³/mol. The van der Waals surface area contributed by atoms with E-state index in [1.54, 1.807) is 0 Å². The average Bonchev–Trinajstić information content (AvgIpc) is 2.09. The van der Waals surface area contributed by atoms with Gasteiger partial charge in [-0.3, -0.25) is 0 Å². The standard InChI is InChI=1S/C11H22O/c1-4-6-8-10-12-11(3)9-7-5-2/h5,11H,2,4,6-10H2,1,3H3. The van der Waals surface area contributed by atoms with Crippen molar-refractivity contribution >= 4 is 0 Å². The zero-order chi connectivity index (χ0) is 9.23. The van der Waals surface area contributed by atoms with Crippen molar-refractivity contribution in [3.8, 4) is 0 Å². The Bertz CT molecular complexity index is 99.2. The minimum atomic E-state index is 0.403. The molecule has 0 aromatic carbocycles. The second kappa shape index (κ2) is 8.79. The van der Waals surface area contributed by atoms with Gasteiger partial charge in [0.2, 0.25) is 0 Å². The molecule has 0 aromatic rings. The number of hydrogen-bond donors (Lipinski definition) is 0. The van der Waals surface area contributed by atoms with E-state index in [0.717, 1.165) is 19.4 Å². The second-order valence-electron chi connectivity index (χ2n) is 3.25. The highest BCUT2D eigenvalue weighted by Crippen LogP contribution is 2.03. The molecule has 0 spiro atoms. The van der Waals surface area contributed by atoms with Crippen molar-refractivity contribution in [2.45, 2.75) is 52.1 Å². The minimum absolute atomic E-state index is 0.403. The van der Waals surface area contributed by atoms with Crippen LogP contribution in [0.2, 0.25) is 0 Å². The van der Waals surface area contributed by atoms with E-state index in [1.807, 2.05) is 6.08 Å². The molecule has 1 unspecified atom stereocenters. The molecular formula is C11H22O. The van der Waals surface area contributed by atoms with Gasteiger partial charge in [0.15, 0.2) is 0 Å². The molecule has 0 aliphatic carbocycles. The van der Waals surface area contributed by atoms with Gasteiger partial charge in [-0.2, -0.15) is 0 Å². The molecule has 0 fully saturated rings. The zero-order valence-electron chi connectivity index (χ0n) is 8.51. The molecule has 0 radical (unpaired) electrons. The predicted octanol–water partition coefficient (Wildman–Crippen LogP) is 3.55. The van der Waals surface area contributed by atoms with Gasteiger partial charge >= 0.3 is 0 Å². The van der Waals surface area contributed by atoms with Crippen molar-refractivity contribution in [1.29, 1.82) is 0 Å². The fourth-order valence-electron chi connectivity index (χ4n) is 1.07. The Hall–Kier alpha value is -0.300. The first-order valence-corrected chi connectivity index (χ1v) is 5.03. The van der Waals surface area contributed by atoms with Crippen LogP contribution < -0.4 is 0 Å². The van der Waals surface area contributed by atoms with Gasteiger partial charge in [0.1, 0.15) is 0 Å². The Morgan fingerprint density at radius 3 is 2.75 bits per heavy atom. The third-order valence-electron chi connectivity index (χ3n) is 1.93. The smallest absolute Gasteiger partial charge is 0.0549 e. The van der Waals surface area contributed by atoms with E-state index in [4.69, 9.17) is 4.74 Å². The van der Waals surface area contributed by atoms with Crippen LogP contribution in [0.15, 0.2) is 12.7 Å². The van der Waals surface area contributed by atoms with E-state index in [2.05, 4.69) is 20.4 Å². The Morgan fingerprint density at radius 1 is 1.42 bits per heavy atom. The molecule has 0 aliphatic rings. The van der Waals surface area contributed by atoms with Crippen molar-refractivity contribution in [2.75, 3.05) is 6.61 Å². The summed E-state index contributed by atoms with van der Waals surface area (Å²) in [6, 6.07) is 0. The Labute approximate surface area is 76.8 Å². The van der Waals surface area contributed by atoms with Crippen LogP contribution in [0, 0.1) is 0 Å².